The van der Waals surface area contributed by atoms with Crippen LogP contribution in [0.1, 0.15) is 45.7 Å². The van der Waals surface area contributed by atoms with Crippen molar-refractivity contribution in [1.29, 1.82) is 0 Å². The zero-order valence-corrected chi connectivity index (χ0v) is 18.2. The first-order valence-corrected chi connectivity index (χ1v) is 10.5. The second-order valence-corrected chi connectivity index (χ2v) is 8.61. The lowest BCUT2D eigenvalue weighted by Gasteiger charge is -2.35. The second kappa shape index (κ2) is 8.55. The van der Waals surface area contributed by atoms with Crippen molar-refractivity contribution < 1.29 is 19.1 Å². The number of rotatable bonds is 4. The van der Waals surface area contributed by atoms with Crippen molar-refractivity contribution in [2.24, 2.45) is 0 Å². The van der Waals surface area contributed by atoms with Crippen molar-refractivity contribution in [1.82, 2.24) is 10.2 Å². The van der Waals surface area contributed by atoms with Gasteiger partial charge in [0, 0.05) is 47.1 Å². The lowest BCUT2D eigenvalue weighted by Crippen LogP contribution is -2.43. The number of ketones is 1. The molecule has 2 aromatic carbocycles. The smallest absolute Gasteiger partial charge is 0.254 e. The number of amides is 1. The minimum atomic E-state index is -0.165. The first-order chi connectivity index (χ1) is 14.9. The van der Waals surface area contributed by atoms with Crippen molar-refractivity contribution in [3.05, 3.63) is 70.8 Å². The van der Waals surface area contributed by atoms with Crippen molar-refractivity contribution in [3.63, 3.8) is 0 Å². The summed E-state index contributed by atoms with van der Waals surface area (Å²) < 4.78 is 10.7. The Kier molecular flexibility index (Phi) is 5.83. The minimum Gasteiger partial charge on any atom is -0.497 e. The molecule has 2 aromatic rings. The predicted octanol–water partition coefficient (Wildman–Crippen LogP) is 3.32. The third-order valence-corrected chi connectivity index (χ3v) is 5.70. The summed E-state index contributed by atoms with van der Waals surface area (Å²) in [6.45, 7) is 6.54. The molecule has 6 heteroatoms. The van der Waals surface area contributed by atoms with E-state index >= 15 is 0 Å². The molecule has 2 aliphatic rings. The van der Waals surface area contributed by atoms with Gasteiger partial charge in [0.1, 0.15) is 5.75 Å². The van der Waals surface area contributed by atoms with Crippen LogP contribution in [0.2, 0.25) is 0 Å². The summed E-state index contributed by atoms with van der Waals surface area (Å²) in [6, 6.07) is 12.8. The summed E-state index contributed by atoms with van der Waals surface area (Å²) in [5, 5.41) is 3.49. The summed E-state index contributed by atoms with van der Waals surface area (Å²) >= 11 is 0. The number of carbonyl (C=O) groups is 2. The number of benzene rings is 2. The Morgan fingerprint density at radius 3 is 2.42 bits per heavy atom. The van der Waals surface area contributed by atoms with Crippen LogP contribution in [0.5, 0.6) is 5.75 Å². The van der Waals surface area contributed by atoms with Crippen molar-refractivity contribution >= 4 is 17.4 Å². The van der Waals surface area contributed by atoms with Crippen LogP contribution in [0.25, 0.3) is 5.70 Å². The van der Waals surface area contributed by atoms with Gasteiger partial charge in [0.05, 0.1) is 20.3 Å². The third-order valence-electron chi connectivity index (χ3n) is 5.70. The first-order valence-electron chi connectivity index (χ1n) is 10.5. The molecule has 31 heavy (non-hydrogen) atoms. The molecule has 162 valence electrons. The van der Waals surface area contributed by atoms with Gasteiger partial charge in [-0.3, -0.25) is 9.59 Å². The molecule has 0 saturated carbocycles. The number of hydrogen-bond acceptors (Lipinski definition) is 5. The molecular formula is C25H28N2O4. The summed E-state index contributed by atoms with van der Waals surface area (Å²) in [5.41, 5.74) is 3.89. The van der Waals surface area contributed by atoms with E-state index < -0.39 is 0 Å². The monoisotopic (exact) mass is 420 g/mol. The van der Waals surface area contributed by atoms with Crippen LogP contribution < -0.4 is 10.1 Å². The number of ether oxygens (including phenoxy) is 2. The van der Waals surface area contributed by atoms with E-state index in [4.69, 9.17) is 9.47 Å². The standard InChI is InChI=1S/C25H28N2O4/c1-25(2)16-19-8-9-20(30-3)14-21(19)22(26-25)15-23(28)17-4-6-18(7-5-17)24(29)27-10-12-31-13-11-27/h4-9,14-15,26H,10-13,16H2,1-3H3/b22-15-. The van der Waals surface area contributed by atoms with E-state index in [1.807, 2.05) is 12.1 Å². The largest absolute Gasteiger partial charge is 0.497 e. The molecule has 2 aliphatic heterocycles. The van der Waals surface area contributed by atoms with Gasteiger partial charge in [-0.05, 0) is 50.1 Å². The van der Waals surface area contributed by atoms with Gasteiger partial charge >= 0.3 is 0 Å². The van der Waals surface area contributed by atoms with Gasteiger partial charge < -0.3 is 19.7 Å². The van der Waals surface area contributed by atoms with Crippen LogP contribution >= 0.6 is 0 Å². The predicted molar refractivity (Wildman–Crippen MR) is 119 cm³/mol. The number of allylic oxidation sites excluding steroid dienone is 1. The van der Waals surface area contributed by atoms with Gasteiger partial charge in [0.15, 0.2) is 5.78 Å². The van der Waals surface area contributed by atoms with Crippen molar-refractivity contribution in [2.75, 3.05) is 33.4 Å². The highest BCUT2D eigenvalue weighted by Gasteiger charge is 2.28. The lowest BCUT2D eigenvalue weighted by atomic mass is 9.85. The van der Waals surface area contributed by atoms with Gasteiger partial charge in [-0.2, -0.15) is 0 Å². The van der Waals surface area contributed by atoms with E-state index in [0.29, 0.717) is 37.4 Å². The summed E-state index contributed by atoms with van der Waals surface area (Å²) in [7, 11) is 1.64. The molecule has 1 fully saturated rings. The minimum absolute atomic E-state index is 0.0302. The maximum absolute atomic E-state index is 13.0. The first kappa shape index (κ1) is 21.1. The number of methoxy groups -OCH3 is 1. The molecule has 0 spiro atoms. The van der Waals surface area contributed by atoms with Crippen molar-refractivity contribution in [3.8, 4) is 5.75 Å². The fraction of sp³-hybridized carbons (Fsp3) is 0.360. The highest BCUT2D eigenvalue weighted by molar-refractivity contribution is 6.09. The Morgan fingerprint density at radius 1 is 1.06 bits per heavy atom. The summed E-state index contributed by atoms with van der Waals surface area (Å²) in [6.07, 6.45) is 2.49. The Labute approximate surface area is 182 Å². The summed E-state index contributed by atoms with van der Waals surface area (Å²) in [4.78, 5) is 27.4. The SMILES string of the molecule is COc1ccc2c(c1)/C(=C/C(=O)c1ccc(C(=O)N3CCOCC3)cc1)NC(C)(C)C2. The molecule has 6 nitrogen and oxygen atoms in total. The molecular weight excluding hydrogens is 392 g/mol. The maximum atomic E-state index is 13.0. The molecule has 1 N–H and O–H groups in total. The van der Waals surface area contributed by atoms with Crippen LogP contribution in [-0.2, 0) is 11.2 Å². The zero-order chi connectivity index (χ0) is 22.0. The molecule has 0 unspecified atom stereocenters. The molecule has 1 saturated heterocycles. The molecule has 0 bridgehead atoms. The number of carbonyl (C=O) groups excluding carboxylic acids is 2. The normalized spacial score (nSPS) is 18.8. The van der Waals surface area contributed by atoms with E-state index in [1.54, 1.807) is 42.4 Å². The van der Waals surface area contributed by atoms with Gasteiger partial charge in [-0.15, -0.1) is 0 Å². The topological polar surface area (TPSA) is 67.9 Å². The number of fused-ring (bicyclic) bond motifs is 1. The van der Waals surface area contributed by atoms with E-state index in [-0.39, 0.29) is 17.2 Å². The van der Waals surface area contributed by atoms with Crippen LogP contribution in [0.4, 0.5) is 0 Å². The molecule has 0 aromatic heterocycles. The Balaban J connectivity index is 1.58. The average molecular weight is 421 g/mol. The van der Waals surface area contributed by atoms with Gasteiger partial charge in [-0.25, -0.2) is 0 Å². The molecule has 0 atom stereocenters. The Hall–Kier alpha value is -3.12. The zero-order valence-electron chi connectivity index (χ0n) is 18.2. The molecule has 2 heterocycles. The fourth-order valence-corrected chi connectivity index (χ4v) is 4.09. The highest BCUT2D eigenvalue weighted by Crippen LogP contribution is 2.32. The van der Waals surface area contributed by atoms with Gasteiger partial charge in [0.25, 0.3) is 5.91 Å². The van der Waals surface area contributed by atoms with Crippen LogP contribution in [0, 0.1) is 0 Å². The maximum Gasteiger partial charge on any atom is 0.254 e. The summed E-state index contributed by atoms with van der Waals surface area (Å²) in [5.74, 6) is 0.612. The second-order valence-electron chi connectivity index (χ2n) is 8.61. The third kappa shape index (κ3) is 4.64. The number of nitrogens with one attached hydrogen (secondary N) is 1. The molecule has 1 amide bonds. The molecule has 0 aliphatic carbocycles. The van der Waals surface area contributed by atoms with Crippen LogP contribution in [-0.4, -0.2) is 55.5 Å². The molecule has 0 radical (unpaired) electrons. The lowest BCUT2D eigenvalue weighted by molar-refractivity contribution is 0.0303. The van der Waals surface area contributed by atoms with Gasteiger partial charge in [-0.1, -0.05) is 18.2 Å². The Bertz CT molecular complexity index is 1020. The fourth-order valence-electron chi connectivity index (χ4n) is 4.09. The van der Waals surface area contributed by atoms with E-state index in [9.17, 15) is 9.59 Å². The average Bonchev–Trinajstić information content (AvgIpc) is 2.78. The Morgan fingerprint density at radius 2 is 1.74 bits per heavy atom. The van der Waals surface area contributed by atoms with Crippen LogP contribution in [0.3, 0.4) is 0 Å². The van der Waals surface area contributed by atoms with E-state index in [1.165, 1.54) is 5.56 Å². The highest BCUT2D eigenvalue weighted by atomic mass is 16.5. The number of morpholine rings is 1. The van der Waals surface area contributed by atoms with E-state index in [2.05, 4.69) is 25.2 Å². The van der Waals surface area contributed by atoms with Gasteiger partial charge in [0.2, 0.25) is 0 Å². The quantitative estimate of drug-likeness (QED) is 0.607. The number of nitrogens with zero attached hydrogens (tertiary/aromatic N) is 1. The van der Waals surface area contributed by atoms with Crippen molar-refractivity contribution in [2.45, 2.75) is 25.8 Å². The van der Waals surface area contributed by atoms with Crippen LogP contribution in [0.15, 0.2) is 48.5 Å². The van der Waals surface area contributed by atoms with E-state index in [0.717, 1.165) is 23.4 Å². The number of hydrogen-bond donors (Lipinski definition) is 1. The molecule has 4 rings (SSSR count).